The molecule has 0 saturated carbocycles. The monoisotopic (exact) mass is 276 g/mol. The van der Waals surface area contributed by atoms with Crippen molar-refractivity contribution >= 4 is 30.4 Å². The second kappa shape index (κ2) is 8.79. The number of aliphatic carboxylic acids is 1. The lowest BCUT2D eigenvalue weighted by Crippen LogP contribution is -2.52. The quantitative estimate of drug-likeness (QED) is 0.476. The molecule has 0 spiro atoms. The molecule has 0 aliphatic rings. The van der Waals surface area contributed by atoms with Crippen LogP contribution in [0.4, 0.5) is 0 Å². The first-order chi connectivity index (χ1) is 8.46. The third-order valence-electron chi connectivity index (χ3n) is 2.35. The van der Waals surface area contributed by atoms with Gasteiger partial charge >= 0.3 is 5.97 Å². The normalized spacial score (nSPS) is 13.5. The first kappa shape index (κ1) is 16.8. The van der Waals surface area contributed by atoms with Crippen LogP contribution in [0.15, 0.2) is 0 Å². The van der Waals surface area contributed by atoms with E-state index in [1.165, 1.54) is 0 Å². The molecule has 0 saturated heterocycles. The van der Waals surface area contributed by atoms with Gasteiger partial charge in [0.1, 0.15) is 12.1 Å². The minimum atomic E-state index is -1.08. The topological polar surface area (TPSA) is 95.5 Å². The molecule has 0 heterocycles. The molecule has 0 radical (unpaired) electrons. The van der Waals surface area contributed by atoms with E-state index < -0.39 is 24.0 Å². The van der Waals surface area contributed by atoms with Crippen LogP contribution in [0.3, 0.4) is 0 Å². The van der Waals surface area contributed by atoms with Crippen molar-refractivity contribution in [1.82, 2.24) is 10.6 Å². The highest BCUT2D eigenvalue weighted by Gasteiger charge is 2.24. The molecular formula is C11H20N2O4S. The molecular weight excluding hydrogens is 256 g/mol. The molecule has 0 aromatic carbocycles. The van der Waals surface area contributed by atoms with Crippen molar-refractivity contribution in [1.29, 1.82) is 0 Å². The summed E-state index contributed by atoms with van der Waals surface area (Å²) in [5.74, 6) is -1.75. The largest absolute Gasteiger partial charge is 0.480 e. The Morgan fingerprint density at radius 2 is 1.78 bits per heavy atom. The number of carbonyl (C=O) groups excluding carboxylic acids is 2. The lowest BCUT2D eigenvalue weighted by Gasteiger charge is -2.19. The summed E-state index contributed by atoms with van der Waals surface area (Å²) in [6.45, 7) is 3.50. The van der Waals surface area contributed by atoms with Crippen molar-refractivity contribution < 1.29 is 19.5 Å². The van der Waals surface area contributed by atoms with Crippen LogP contribution in [0.25, 0.3) is 0 Å². The Hall–Kier alpha value is -1.24. The number of hydrogen-bond acceptors (Lipinski definition) is 4. The first-order valence-electron chi connectivity index (χ1n) is 5.89. The first-order valence-corrected chi connectivity index (χ1v) is 6.52. The maximum atomic E-state index is 11.8. The number of nitrogens with one attached hydrogen (secondary N) is 2. The standard InChI is InChI=1S/C11H20N2O4S/c1-3-5-7(11(16)17)13-10(15)8(6-18)12-9(14)4-2/h7-8,18H,3-6H2,1-2H3,(H,12,14)(H,13,15)(H,16,17). The molecule has 6 nitrogen and oxygen atoms in total. The molecule has 0 aromatic rings. The number of rotatable bonds is 8. The Morgan fingerprint density at radius 1 is 1.17 bits per heavy atom. The molecule has 0 bridgehead atoms. The van der Waals surface area contributed by atoms with Gasteiger partial charge in [0.2, 0.25) is 11.8 Å². The minimum absolute atomic E-state index is 0.121. The third-order valence-corrected chi connectivity index (χ3v) is 2.71. The van der Waals surface area contributed by atoms with E-state index in [1.54, 1.807) is 6.92 Å². The molecule has 104 valence electrons. The van der Waals surface area contributed by atoms with Crippen LogP contribution in [-0.2, 0) is 14.4 Å². The van der Waals surface area contributed by atoms with Gasteiger partial charge in [0.05, 0.1) is 0 Å². The van der Waals surface area contributed by atoms with Gasteiger partial charge in [-0.25, -0.2) is 4.79 Å². The average Bonchev–Trinajstić information content (AvgIpc) is 2.34. The zero-order chi connectivity index (χ0) is 14.1. The van der Waals surface area contributed by atoms with Gasteiger partial charge in [-0.3, -0.25) is 9.59 Å². The molecule has 0 fully saturated rings. The molecule has 3 N–H and O–H groups in total. The molecule has 0 aromatic heterocycles. The summed E-state index contributed by atoms with van der Waals surface area (Å²) in [5.41, 5.74) is 0. The fourth-order valence-electron chi connectivity index (χ4n) is 1.31. The highest BCUT2D eigenvalue weighted by atomic mass is 32.1. The van der Waals surface area contributed by atoms with Gasteiger partial charge in [-0.05, 0) is 6.42 Å². The predicted octanol–water partition coefficient (Wildman–Crippen LogP) is 0.180. The average molecular weight is 276 g/mol. The number of carboxylic acids is 1. The fourth-order valence-corrected chi connectivity index (χ4v) is 1.57. The van der Waals surface area contributed by atoms with Crippen molar-refractivity contribution in [3.8, 4) is 0 Å². The third kappa shape index (κ3) is 5.90. The molecule has 2 atom stereocenters. The number of carbonyl (C=O) groups is 3. The Morgan fingerprint density at radius 3 is 2.17 bits per heavy atom. The van der Waals surface area contributed by atoms with Gasteiger partial charge in [0.15, 0.2) is 0 Å². The lowest BCUT2D eigenvalue weighted by atomic mass is 10.1. The zero-order valence-electron chi connectivity index (χ0n) is 10.6. The zero-order valence-corrected chi connectivity index (χ0v) is 11.5. The van der Waals surface area contributed by atoms with Crippen molar-refractivity contribution in [3.63, 3.8) is 0 Å². The summed E-state index contributed by atoms with van der Waals surface area (Å²) in [6, 6.07) is -1.73. The van der Waals surface area contributed by atoms with Crippen molar-refractivity contribution in [2.24, 2.45) is 0 Å². The minimum Gasteiger partial charge on any atom is -0.480 e. The number of amides is 2. The van der Waals surface area contributed by atoms with Crippen LogP contribution in [0.2, 0.25) is 0 Å². The van der Waals surface area contributed by atoms with E-state index in [-0.39, 0.29) is 18.1 Å². The summed E-state index contributed by atoms with van der Waals surface area (Å²) >= 11 is 3.97. The SMILES string of the molecule is CCCC(NC(=O)C(CS)NC(=O)CC)C(=O)O. The molecule has 0 rings (SSSR count). The molecule has 2 amide bonds. The van der Waals surface area contributed by atoms with Crippen LogP contribution in [0, 0.1) is 0 Å². The van der Waals surface area contributed by atoms with Gasteiger partial charge in [0.25, 0.3) is 0 Å². The predicted molar refractivity (Wildman–Crippen MR) is 70.5 cm³/mol. The summed E-state index contributed by atoms with van der Waals surface area (Å²) in [5, 5.41) is 13.8. The van der Waals surface area contributed by atoms with Crippen molar-refractivity contribution in [2.45, 2.75) is 45.2 Å². The van der Waals surface area contributed by atoms with Crippen molar-refractivity contribution in [2.75, 3.05) is 5.75 Å². The molecule has 7 heteroatoms. The van der Waals surface area contributed by atoms with Crippen LogP contribution in [0.5, 0.6) is 0 Å². The second-order valence-corrected chi connectivity index (χ2v) is 4.21. The Kier molecular flexibility index (Phi) is 8.19. The van der Waals surface area contributed by atoms with Crippen LogP contribution in [-0.4, -0.2) is 40.7 Å². The van der Waals surface area contributed by atoms with Gasteiger partial charge in [-0.2, -0.15) is 12.6 Å². The van der Waals surface area contributed by atoms with Gasteiger partial charge in [0, 0.05) is 12.2 Å². The highest BCUT2D eigenvalue weighted by molar-refractivity contribution is 7.80. The van der Waals surface area contributed by atoms with Gasteiger partial charge < -0.3 is 15.7 Å². The van der Waals surface area contributed by atoms with Crippen LogP contribution < -0.4 is 10.6 Å². The number of hydrogen-bond donors (Lipinski definition) is 4. The lowest BCUT2D eigenvalue weighted by molar-refractivity contribution is -0.142. The van der Waals surface area contributed by atoms with E-state index >= 15 is 0 Å². The Bertz CT molecular complexity index is 309. The van der Waals surface area contributed by atoms with Gasteiger partial charge in [-0.1, -0.05) is 20.3 Å². The molecule has 0 aliphatic heterocycles. The van der Waals surface area contributed by atoms with E-state index in [2.05, 4.69) is 23.3 Å². The maximum Gasteiger partial charge on any atom is 0.326 e. The Balaban J connectivity index is 4.49. The van der Waals surface area contributed by atoms with E-state index in [9.17, 15) is 14.4 Å². The number of carboxylic acid groups (broad SMARTS) is 1. The van der Waals surface area contributed by atoms with E-state index in [1.807, 2.05) is 6.92 Å². The molecule has 18 heavy (non-hydrogen) atoms. The molecule has 0 aliphatic carbocycles. The van der Waals surface area contributed by atoms with E-state index in [0.29, 0.717) is 12.8 Å². The van der Waals surface area contributed by atoms with Crippen LogP contribution >= 0.6 is 12.6 Å². The fraction of sp³-hybridized carbons (Fsp3) is 0.727. The van der Waals surface area contributed by atoms with E-state index in [4.69, 9.17) is 5.11 Å². The smallest absolute Gasteiger partial charge is 0.326 e. The van der Waals surface area contributed by atoms with Gasteiger partial charge in [-0.15, -0.1) is 0 Å². The summed E-state index contributed by atoms with van der Waals surface area (Å²) in [4.78, 5) is 33.9. The van der Waals surface area contributed by atoms with E-state index in [0.717, 1.165) is 0 Å². The summed E-state index contributed by atoms with van der Waals surface area (Å²) in [6.07, 6.45) is 1.25. The maximum absolute atomic E-state index is 11.8. The number of thiol groups is 1. The summed E-state index contributed by atoms with van der Waals surface area (Å²) in [7, 11) is 0. The second-order valence-electron chi connectivity index (χ2n) is 3.84. The Labute approximate surface area is 112 Å². The highest BCUT2D eigenvalue weighted by Crippen LogP contribution is 1.99. The van der Waals surface area contributed by atoms with Crippen molar-refractivity contribution in [3.05, 3.63) is 0 Å². The summed E-state index contributed by atoms with van der Waals surface area (Å²) < 4.78 is 0. The van der Waals surface area contributed by atoms with Crippen LogP contribution in [0.1, 0.15) is 33.1 Å². The molecule has 2 unspecified atom stereocenters.